The van der Waals surface area contributed by atoms with Crippen molar-refractivity contribution >= 4 is 11.8 Å². The highest BCUT2D eigenvalue weighted by Gasteiger charge is 2.40. The number of carbonyl (C=O) groups excluding carboxylic acids is 2. The van der Waals surface area contributed by atoms with Crippen molar-refractivity contribution in [1.29, 1.82) is 0 Å². The van der Waals surface area contributed by atoms with Crippen molar-refractivity contribution < 1.29 is 27.5 Å². The summed E-state index contributed by atoms with van der Waals surface area (Å²) in [4.78, 5) is 36.2. The molecule has 1 aliphatic heterocycles. The molecule has 2 heterocycles. The summed E-state index contributed by atoms with van der Waals surface area (Å²) in [7, 11) is 0. The molecule has 0 aliphatic carbocycles. The Kier molecular flexibility index (Phi) is 6.49. The van der Waals surface area contributed by atoms with Crippen LogP contribution >= 0.6 is 0 Å². The van der Waals surface area contributed by atoms with E-state index in [0.29, 0.717) is 28.9 Å². The molecule has 2 amide bonds. The highest BCUT2D eigenvalue weighted by atomic mass is 19.4. The van der Waals surface area contributed by atoms with Crippen LogP contribution in [-0.2, 0) is 17.8 Å². The predicted octanol–water partition coefficient (Wildman–Crippen LogP) is 3.74. The Morgan fingerprint density at radius 3 is 2.56 bits per heavy atom. The molecule has 0 radical (unpaired) electrons. The number of nitrogens with one attached hydrogen (secondary N) is 1. The minimum absolute atomic E-state index is 0.0762. The number of rotatable bonds is 7. The lowest BCUT2D eigenvalue weighted by Gasteiger charge is -2.24. The molecule has 1 atom stereocenters. The number of hydrogen-bond donors (Lipinski definition) is 1. The average molecular weight is 470 g/mol. The molecule has 1 N–H and O–H groups in total. The number of hydrogen-bond acceptors (Lipinski definition) is 5. The van der Waals surface area contributed by atoms with Gasteiger partial charge in [0, 0.05) is 37.0 Å². The van der Waals surface area contributed by atoms with Gasteiger partial charge in [-0.2, -0.15) is 0 Å². The van der Waals surface area contributed by atoms with E-state index in [2.05, 4.69) is 20.0 Å². The van der Waals surface area contributed by atoms with E-state index in [9.17, 15) is 22.8 Å². The van der Waals surface area contributed by atoms with Crippen molar-refractivity contribution in [2.45, 2.75) is 32.3 Å². The lowest BCUT2D eigenvalue weighted by Crippen LogP contribution is -2.40. The Morgan fingerprint density at radius 1 is 1.12 bits per heavy atom. The minimum atomic E-state index is -4.77. The zero-order chi connectivity index (χ0) is 24.3. The first-order chi connectivity index (χ1) is 16.2. The van der Waals surface area contributed by atoms with E-state index in [4.69, 9.17) is 0 Å². The van der Waals surface area contributed by atoms with Crippen molar-refractivity contribution in [3.8, 4) is 5.75 Å². The van der Waals surface area contributed by atoms with Crippen LogP contribution < -0.4 is 10.1 Å². The van der Waals surface area contributed by atoms with Crippen LogP contribution in [-0.4, -0.2) is 39.6 Å². The summed E-state index contributed by atoms with van der Waals surface area (Å²) in [5, 5.41) is 2.78. The Bertz CT molecular complexity index is 1200. The van der Waals surface area contributed by atoms with Gasteiger partial charge in [-0.1, -0.05) is 30.3 Å². The van der Waals surface area contributed by atoms with Gasteiger partial charge in [0.05, 0.1) is 0 Å². The molecule has 34 heavy (non-hydrogen) atoms. The summed E-state index contributed by atoms with van der Waals surface area (Å²) in [5.41, 5.74) is 2.45. The molecule has 0 bridgehead atoms. The lowest BCUT2D eigenvalue weighted by atomic mass is 10.0. The van der Waals surface area contributed by atoms with Gasteiger partial charge in [-0.3, -0.25) is 9.59 Å². The third kappa shape index (κ3) is 5.33. The van der Waals surface area contributed by atoms with E-state index >= 15 is 0 Å². The van der Waals surface area contributed by atoms with Crippen LogP contribution in [0.1, 0.15) is 39.0 Å². The van der Waals surface area contributed by atoms with Gasteiger partial charge in [-0.05, 0) is 42.3 Å². The first-order valence-electron chi connectivity index (χ1n) is 10.5. The zero-order valence-electron chi connectivity index (χ0n) is 18.2. The maximum absolute atomic E-state index is 13.1. The van der Waals surface area contributed by atoms with Crippen molar-refractivity contribution in [2.75, 3.05) is 6.54 Å². The van der Waals surface area contributed by atoms with Crippen molar-refractivity contribution in [3.63, 3.8) is 0 Å². The third-order valence-electron chi connectivity index (χ3n) is 5.35. The highest BCUT2D eigenvalue weighted by Crippen LogP contribution is 2.34. The number of aryl methyl sites for hydroxylation is 1. The number of benzene rings is 2. The fourth-order valence-corrected chi connectivity index (χ4v) is 3.82. The highest BCUT2D eigenvalue weighted by molar-refractivity contribution is 6.04. The number of carbonyl (C=O) groups is 2. The number of nitrogens with zero attached hydrogens (tertiary/aromatic N) is 3. The van der Waals surface area contributed by atoms with Gasteiger partial charge in [0.1, 0.15) is 17.6 Å². The first kappa shape index (κ1) is 23.2. The number of amides is 2. The lowest BCUT2D eigenvalue weighted by molar-refractivity contribution is -0.274. The fraction of sp³-hybridized carbons (Fsp3) is 0.250. The van der Waals surface area contributed by atoms with Crippen LogP contribution in [0.4, 0.5) is 13.2 Å². The normalized spacial score (nSPS) is 15.2. The molecule has 1 aromatic heterocycles. The second-order valence-corrected chi connectivity index (χ2v) is 7.76. The summed E-state index contributed by atoms with van der Waals surface area (Å²) in [6, 6.07) is 13.1. The third-order valence-corrected chi connectivity index (χ3v) is 5.35. The number of halogens is 3. The summed E-state index contributed by atoms with van der Waals surface area (Å²) in [5.74, 6) is -0.414. The summed E-state index contributed by atoms with van der Waals surface area (Å²) < 4.78 is 40.8. The van der Waals surface area contributed by atoms with Gasteiger partial charge in [-0.25, -0.2) is 9.97 Å². The molecule has 3 aromatic rings. The van der Waals surface area contributed by atoms with E-state index in [-0.39, 0.29) is 30.7 Å². The maximum atomic E-state index is 13.1. The van der Waals surface area contributed by atoms with Gasteiger partial charge < -0.3 is 15.0 Å². The van der Waals surface area contributed by atoms with Gasteiger partial charge in [0.2, 0.25) is 5.91 Å². The SMILES string of the molecule is Cc1ccnc(CCN2C(=O)c3ccccc3C2C(=O)NCc2ccc(OC(F)(F)F)cc2)n1. The molecule has 1 aliphatic rings. The molecule has 2 aromatic carbocycles. The Morgan fingerprint density at radius 2 is 1.85 bits per heavy atom. The van der Waals surface area contributed by atoms with Crippen molar-refractivity contribution in [3.05, 3.63) is 89.0 Å². The molecule has 0 saturated heterocycles. The van der Waals surface area contributed by atoms with E-state index in [1.54, 1.807) is 36.5 Å². The topological polar surface area (TPSA) is 84.4 Å². The van der Waals surface area contributed by atoms with Crippen LogP contribution in [0.3, 0.4) is 0 Å². The minimum Gasteiger partial charge on any atom is -0.406 e. The van der Waals surface area contributed by atoms with Gasteiger partial charge in [-0.15, -0.1) is 13.2 Å². The molecular weight excluding hydrogens is 449 g/mol. The number of alkyl halides is 3. The van der Waals surface area contributed by atoms with Crippen LogP contribution in [0.25, 0.3) is 0 Å². The second-order valence-electron chi connectivity index (χ2n) is 7.76. The Hall–Kier alpha value is -3.95. The van der Waals surface area contributed by atoms with E-state index in [1.165, 1.54) is 29.2 Å². The number of ether oxygens (including phenoxy) is 1. The first-order valence-corrected chi connectivity index (χ1v) is 10.5. The van der Waals surface area contributed by atoms with Crippen LogP contribution in [0, 0.1) is 6.92 Å². The molecule has 4 rings (SSSR count). The van der Waals surface area contributed by atoms with Gasteiger partial charge in [0.15, 0.2) is 0 Å². The quantitative estimate of drug-likeness (QED) is 0.569. The monoisotopic (exact) mass is 470 g/mol. The van der Waals surface area contributed by atoms with Crippen LogP contribution in [0.2, 0.25) is 0 Å². The van der Waals surface area contributed by atoms with Crippen molar-refractivity contribution in [1.82, 2.24) is 20.2 Å². The van der Waals surface area contributed by atoms with Crippen LogP contribution in [0.5, 0.6) is 5.75 Å². The zero-order valence-corrected chi connectivity index (χ0v) is 18.2. The average Bonchev–Trinajstić information content (AvgIpc) is 3.08. The fourth-order valence-electron chi connectivity index (χ4n) is 3.82. The molecule has 1 unspecified atom stereocenters. The predicted molar refractivity (Wildman–Crippen MR) is 116 cm³/mol. The molecule has 0 fully saturated rings. The molecule has 0 saturated carbocycles. The van der Waals surface area contributed by atoms with Gasteiger partial charge >= 0.3 is 6.36 Å². The molecular formula is C24H21F3N4O3. The molecule has 176 valence electrons. The molecule has 0 spiro atoms. The summed E-state index contributed by atoms with van der Waals surface area (Å²) in [6.45, 7) is 2.17. The summed E-state index contributed by atoms with van der Waals surface area (Å²) >= 11 is 0. The standard InChI is InChI=1S/C24H21F3N4O3/c1-15-10-12-28-20(30-15)11-13-31-21(18-4-2-3-5-19(18)23(31)33)22(32)29-14-16-6-8-17(9-7-16)34-24(25,26)27/h2-10,12,21H,11,13-14H2,1H3,(H,29,32). The van der Waals surface area contributed by atoms with Gasteiger partial charge in [0.25, 0.3) is 5.91 Å². The molecule has 7 nitrogen and oxygen atoms in total. The van der Waals surface area contributed by atoms with E-state index in [0.717, 1.165) is 5.69 Å². The smallest absolute Gasteiger partial charge is 0.406 e. The second kappa shape index (κ2) is 9.50. The number of aromatic nitrogens is 2. The van der Waals surface area contributed by atoms with E-state index in [1.807, 2.05) is 6.92 Å². The largest absolute Gasteiger partial charge is 0.573 e. The maximum Gasteiger partial charge on any atom is 0.573 e. The molecule has 10 heteroatoms. The Balaban J connectivity index is 1.46. The van der Waals surface area contributed by atoms with Crippen LogP contribution in [0.15, 0.2) is 60.8 Å². The van der Waals surface area contributed by atoms with E-state index < -0.39 is 12.4 Å². The van der Waals surface area contributed by atoms with Crippen molar-refractivity contribution in [2.24, 2.45) is 0 Å². The number of fused-ring (bicyclic) bond motifs is 1. The Labute approximate surface area is 193 Å². The summed E-state index contributed by atoms with van der Waals surface area (Å²) in [6.07, 6.45) is -2.75.